The Labute approximate surface area is 605 Å². The highest BCUT2D eigenvalue weighted by molar-refractivity contribution is 6.32. The van der Waals surface area contributed by atoms with Crippen molar-refractivity contribution in [2.24, 2.45) is 0 Å². The van der Waals surface area contributed by atoms with Crippen LogP contribution >= 0.6 is 23.2 Å². The van der Waals surface area contributed by atoms with Gasteiger partial charge in [0.15, 0.2) is 29.0 Å². The van der Waals surface area contributed by atoms with Gasteiger partial charge in [0.1, 0.15) is 88.2 Å². The SMILES string of the molecule is CCCCCN(CCCCC)Cc1c(O)cc2c(c1O)-c1cc(ccc1O)[C@@H]1NC(=O)[C@H]3NC(=O)[C@H]4NC(=O)[C@H](Cc5ccc(c(Cl)c5)Oc5cc3cc(c5O)Oc3ccc(cc3Cl)C(O)[C@H](NC1=O)C(=O)N[C@@H]2C(=O)O)NC(=O)[C@@H](NC(=O)OC(C)(C)C)c1ccc(O)c(c1)Oc1cc(O)cc4c1. The number of carbonyl (C=O) groups excluding carboxylic acids is 7. The van der Waals surface area contributed by atoms with E-state index in [1.165, 1.54) is 48.5 Å². The first-order chi connectivity index (χ1) is 49.4. The third-order valence-electron chi connectivity index (χ3n) is 17.9. The van der Waals surface area contributed by atoms with Gasteiger partial charge in [-0.1, -0.05) is 87.0 Å². The number of hydrogen-bond acceptors (Lipinski definition) is 20. The standard InChI is InChI=1S/C74H76Cl2N8O20/c1-6-8-10-20-84(21-11-9-7-2)33-44-50(88)32-43-56(64(44)90)42-26-35(13-16-48(42)86)57-68(94)82-62(71(97)81-61(43)72(98)99)63(89)37-15-19-52(46(76)27-37)103-55-30-39-29-54(65(55)91)102-51-18-12-34(22-45(51)75)23-47-66(92)78-59(69(95)80-60(39)70(96)79-57)38-24-40(85)31-41(25-38)101-53-28-36(14-17-49(53)87)58(67(93)77-47)83-73(100)104-74(3,4)5/h12-19,22,24-32,47,57-63,85-91H,6-11,20-21,23,33H2,1-5H3,(H,77,93)(H,78,92)(H,79,96)(H,80,95)(H,81,97)(H,82,94)(H,83,100)(H,98,99)/t47-,57-,58-,59-,60-,61-,62-,63?/m0/s1. The lowest BCUT2D eigenvalue weighted by molar-refractivity contribution is -0.143. The monoisotopic (exact) mass is 1470 g/mol. The number of alkyl carbamates (subject to hydrolysis) is 1. The number of nitrogens with zero attached hydrogens (tertiary/aromatic N) is 1. The van der Waals surface area contributed by atoms with Gasteiger partial charge in [-0.3, -0.25) is 33.7 Å². The van der Waals surface area contributed by atoms with Crippen LogP contribution in [0.5, 0.6) is 69.0 Å². The molecule has 30 heteroatoms. The summed E-state index contributed by atoms with van der Waals surface area (Å²) in [5.41, 5.74) is -3.39. The van der Waals surface area contributed by atoms with Gasteiger partial charge >= 0.3 is 12.1 Å². The van der Waals surface area contributed by atoms with Gasteiger partial charge in [-0.25, -0.2) is 9.59 Å². The number of carbonyl (C=O) groups is 8. The van der Waals surface area contributed by atoms with E-state index in [0.29, 0.717) is 13.1 Å². The molecule has 104 heavy (non-hydrogen) atoms. The van der Waals surface area contributed by atoms with Gasteiger partial charge in [0, 0.05) is 35.7 Å². The molecule has 0 saturated carbocycles. The first kappa shape index (κ1) is 74.0. The van der Waals surface area contributed by atoms with Crippen molar-refractivity contribution in [2.75, 3.05) is 13.1 Å². The van der Waals surface area contributed by atoms with E-state index in [2.05, 4.69) is 37.2 Å². The summed E-state index contributed by atoms with van der Waals surface area (Å²) in [5.74, 6) is -15.4. The number of aliphatic carboxylic acids is 1. The lowest BCUT2D eigenvalue weighted by atomic mass is 9.88. The third-order valence-corrected chi connectivity index (χ3v) is 18.5. The maximum atomic E-state index is 16.1. The van der Waals surface area contributed by atoms with Crippen LogP contribution in [0, 0.1) is 0 Å². The van der Waals surface area contributed by atoms with Crippen LogP contribution in [0.15, 0.2) is 109 Å². The van der Waals surface area contributed by atoms with Gasteiger partial charge in [0.25, 0.3) is 0 Å². The molecule has 6 aliphatic rings. The zero-order chi connectivity index (χ0) is 74.7. The molecule has 1 unspecified atom stereocenters. The van der Waals surface area contributed by atoms with Crippen LogP contribution in [0.2, 0.25) is 10.0 Å². The highest BCUT2D eigenvalue weighted by Gasteiger charge is 2.42. The number of benzene rings is 7. The first-order valence-corrected chi connectivity index (χ1v) is 34.2. The topological polar surface area (TPSA) is 423 Å². The molecule has 6 aliphatic heterocycles. The Hall–Kier alpha value is -11.2. The molecule has 7 amide bonds. The number of halogens is 2. The molecule has 7 aromatic carbocycles. The second-order valence-corrected chi connectivity index (χ2v) is 27.5. The molecule has 0 radical (unpaired) electrons. The number of fused-ring (bicyclic) bond motifs is 14. The van der Waals surface area contributed by atoms with E-state index in [1.807, 2.05) is 18.7 Å². The van der Waals surface area contributed by atoms with E-state index in [1.54, 1.807) is 20.8 Å². The third kappa shape index (κ3) is 16.3. The van der Waals surface area contributed by atoms with Crippen molar-refractivity contribution in [1.29, 1.82) is 0 Å². The molecular weight excluding hydrogens is 1390 g/mol. The van der Waals surface area contributed by atoms with Crippen molar-refractivity contribution in [3.8, 4) is 80.1 Å². The van der Waals surface area contributed by atoms with E-state index in [-0.39, 0.29) is 84.1 Å². The van der Waals surface area contributed by atoms with E-state index in [4.69, 9.17) is 42.1 Å². The minimum Gasteiger partial charge on any atom is -0.508 e. The first-order valence-electron chi connectivity index (χ1n) is 33.5. The maximum absolute atomic E-state index is 16.1. The fourth-order valence-electron chi connectivity index (χ4n) is 12.7. The molecule has 0 fully saturated rings. The number of rotatable bonds is 12. The van der Waals surface area contributed by atoms with E-state index in [9.17, 15) is 55.2 Å². The predicted molar refractivity (Wildman–Crippen MR) is 374 cm³/mol. The molecule has 546 valence electrons. The summed E-state index contributed by atoms with van der Waals surface area (Å²) in [5, 5.41) is 112. The summed E-state index contributed by atoms with van der Waals surface area (Å²) < 4.78 is 24.3. The van der Waals surface area contributed by atoms with Gasteiger partial charge in [-0.15, -0.1) is 0 Å². The van der Waals surface area contributed by atoms with Gasteiger partial charge in [-0.05, 0) is 159 Å². The molecule has 0 spiro atoms. The van der Waals surface area contributed by atoms with Crippen LogP contribution < -0.4 is 51.4 Å². The predicted octanol–water partition coefficient (Wildman–Crippen LogP) is 9.73. The zero-order valence-electron chi connectivity index (χ0n) is 56.8. The molecule has 13 rings (SSSR count). The van der Waals surface area contributed by atoms with Crippen LogP contribution in [0.25, 0.3) is 11.1 Å². The largest absolute Gasteiger partial charge is 0.508 e. The Morgan fingerprint density at radius 3 is 1.76 bits per heavy atom. The number of carboxylic acids is 1. The molecular formula is C74H76Cl2N8O20. The minimum atomic E-state index is -2.23. The molecule has 17 bridgehead atoms. The second-order valence-electron chi connectivity index (χ2n) is 26.6. The van der Waals surface area contributed by atoms with Gasteiger partial charge in [0.2, 0.25) is 41.2 Å². The Morgan fingerprint density at radius 1 is 0.558 bits per heavy atom. The van der Waals surface area contributed by atoms with Gasteiger partial charge in [-0.2, -0.15) is 0 Å². The fourth-order valence-corrected chi connectivity index (χ4v) is 13.1. The number of unbranched alkanes of at least 4 members (excludes halogenated alkanes) is 4. The molecule has 28 nitrogen and oxygen atoms in total. The normalized spacial score (nSPS) is 20.3. The number of nitrogens with one attached hydrogen (secondary N) is 7. The summed E-state index contributed by atoms with van der Waals surface area (Å²) >= 11 is 13.9. The number of phenols is 6. The molecule has 0 saturated heterocycles. The fraction of sp³-hybridized carbons (Fsp3) is 0.324. The molecule has 0 aliphatic carbocycles. The van der Waals surface area contributed by atoms with Crippen LogP contribution in [0.3, 0.4) is 0 Å². The average Bonchev–Trinajstić information content (AvgIpc) is 0.751. The summed E-state index contributed by atoms with van der Waals surface area (Å²) in [7, 11) is 0. The number of ether oxygens (including phenoxy) is 4. The van der Waals surface area contributed by atoms with Crippen molar-refractivity contribution < 1.29 is 98.2 Å². The lowest BCUT2D eigenvalue weighted by Gasteiger charge is -2.31. The summed E-state index contributed by atoms with van der Waals surface area (Å²) in [4.78, 5) is 122. The highest BCUT2D eigenvalue weighted by atomic mass is 35.5. The minimum absolute atomic E-state index is 0.00753. The molecule has 8 atom stereocenters. The molecule has 7 aromatic rings. The Kier molecular flexibility index (Phi) is 21.9. The van der Waals surface area contributed by atoms with Crippen molar-refractivity contribution in [3.05, 3.63) is 164 Å². The lowest BCUT2D eigenvalue weighted by Crippen LogP contribution is -2.55. The number of amides is 7. The van der Waals surface area contributed by atoms with Gasteiger partial charge < -0.3 is 97.0 Å². The van der Waals surface area contributed by atoms with Crippen molar-refractivity contribution in [2.45, 2.75) is 140 Å². The number of phenolic OH excluding ortho intramolecular Hbond substituents is 6. The number of carboxylic acid groups (broad SMARTS) is 1. The van der Waals surface area contributed by atoms with E-state index < -0.39 is 165 Å². The maximum Gasteiger partial charge on any atom is 0.408 e. The van der Waals surface area contributed by atoms with Crippen LogP contribution in [0.4, 0.5) is 4.79 Å². The highest BCUT2D eigenvalue weighted by Crippen LogP contribution is 2.50. The second kappa shape index (κ2) is 30.8. The van der Waals surface area contributed by atoms with Crippen molar-refractivity contribution in [1.82, 2.24) is 42.1 Å². The Bertz CT molecular complexity index is 4580. The van der Waals surface area contributed by atoms with E-state index >= 15 is 24.0 Å². The van der Waals surface area contributed by atoms with Crippen LogP contribution in [0.1, 0.15) is 154 Å². The zero-order valence-corrected chi connectivity index (χ0v) is 58.3. The number of aliphatic hydroxyl groups is 1. The average molecular weight is 1470 g/mol. The number of hydrogen-bond donors (Lipinski definition) is 15. The summed E-state index contributed by atoms with van der Waals surface area (Å²) in [6.07, 6.45) is 1.25. The summed E-state index contributed by atoms with van der Waals surface area (Å²) in [6, 6.07) is 6.81. The van der Waals surface area contributed by atoms with Crippen LogP contribution in [-0.2, 0) is 51.3 Å². The Balaban J connectivity index is 1.12. The Morgan fingerprint density at radius 2 is 1.13 bits per heavy atom. The van der Waals surface area contributed by atoms with Crippen LogP contribution in [-0.4, -0.2) is 124 Å². The molecule has 0 aromatic heterocycles. The van der Waals surface area contributed by atoms with Gasteiger partial charge in [0.05, 0.1) is 15.6 Å². The van der Waals surface area contributed by atoms with E-state index in [0.717, 1.165) is 99.2 Å². The number of aliphatic hydroxyl groups excluding tert-OH is 1. The number of aromatic hydroxyl groups is 6. The quantitative estimate of drug-likeness (QED) is 0.0506. The van der Waals surface area contributed by atoms with Crippen molar-refractivity contribution in [3.63, 3.8) is 0 Å². The smallest absolute Gasteiger partial charge is 0.408 e. The molecule has 6 heterocycles. The van der Waals surface area contributed by atoms with Crippen molar-refractivity contribution >= 4 is 70.7 Å². The summed E-state index contributed by atoms with van der Waals surface area (Å²) in [6.45, 7) is 9.74. The molecule has 15 N–H and O–H groups in total.